The fourth-order valence-electron chi connectivity index (χ4n) is 3.87. The summed E-state index contributed by atoms with van der Waals surface area (Å²) in [6.45, 7) is 3.05. The Labute approximate surface area is 184 Å². The zero-order chi connectivity index (χ0) is 21.2. The summed E-state index contributed by atoms with van der Waals surface area (Å²) in [7, 11) is 1.67. The maximum atomic E-state index is 13.1. The van der Waals surface area contributed by atoms with E-state index in [0.717, 1.165) is 46.2 Å². The monoisotopic (exact) mass is 433 g/mol. The zero-order valence-corrected chi connectivity index (χ0v) is 18.1. The Morgan fingerprint density at radius 1 is 1.00 bits per heavy atom. The lowest BCUT2D eigenvalue weighted by molar-refractivity contribution is 0.0736. The molecule has 0 aliphatic carbocycles. The van der Waals surface area contributed by atoms with Crippen molar-refractivity contribution in [1.82, 2.24) is 9.88 Å². The smallest absolute Gasteiger partial charge is 0.289 e. The Morgan fingerprint density at radius 3 is 2.65 bits per heavy atom. The van der Waals surface area contributed by atoms with Crippen molar-refractivity contribution >= 4 is 33.1 Å². The highest BCUT2D eigenvalue weighted by Gasteiger charge is 2.23. The molecule has 2 aromatic carbocycles. The van der Waals surface area contributed by atoms with Gasteiger partial charge in [-0.15, -0.1) is 11.3 Å². The van der Waals surface area contributed by atoms with Crippen LogP contribution in [0.25, 0.3) is 21.0 Å². The number of fused-ring (bicyclic) bond motifs is 1. The molecule has 4 aromatic rings. The van der Waals surface area contributed by atoms with E-state index in [2.05, 4.69) is 22.0 Å². The van der Waals surface area contributed by atoms with Gasteiger partial charge in [0.1, 0.15) is 5.75 Å². The first-order valence-electron chi connectivity index (χ1n) is 10.4. The molecular formula is C24H23N3O3S. The number of methoxy groups -OCH3 is 1. The van der Waals surface area contributed by atoms with E-state index in [9.17, 15) is 4.79 Å². The van der Waals surface area contributed by atoms with Crippen molar-refractivity contribution in [2.75, 3.05) is 38.2 Å². The SMILES string of the molecule is COc1ccc(N2CCCN(C(=O)c3ccc(-c4nc5ccccc5s4)o3)CC2)cc1. The van der Waals surface area contributed by atoms with Gasteiger partial charge in [-0.3, -0.25) is 4.79 Å². The first-order valence-corrected chi connectivity index (χ1v) is 11.2. The first kappa shape index (κ1) is 19.6. The predicted molar refractivity (Wildman–Crippen MR) is 123 cm³/mol. The fraction of sp³-hybridized carbons (Fsp3) is 0.250. The lowest BCUT2D eigenvalue weighted by Crippen LogP contribution is -2.35. The summed E-state index contributed by atoms with van der Waals surface area (Å²) in [5.41, 5.74) is 2.09. The molecule has 0 saturated carbocycles. The normalized spacial score (nSPS) is 14.6. The number of hydrogen-bond donors (Lipinski definition) is 0. The molecule has 1 aliphatic rings. The number of carbonyl (C=O) groups is 1. The molecule has 3 heterocycles. The van der Waals surface area contributed by atoms with E-state index in [1.807, 2.05) is 47.4 Å². The van der Waals surface area contributed by atoms with Gasteiger partial charge in [-0.05, 0) is 55.0 Å². The minimum atomic E-state index is -0.0658. The van der Waals surface area contributed by atoms with Gasteiger partial charge in [0.2, 0.25) is 0 Å². The third-order valence-electron chi connectivity index (χ3n) is 5.54. The molecule has 2 aromatic heterocycles. The molecule has 158 valence electrons. The third kappa shape index (κ3) is 4.01. The van der Waals surface area contributed by atoms with Crippen LogP contribution in [0.5, 0.6) is 5.75 Å². The standard InChI is InChI=1S/C24H23N3O3S/c1-29-18-9-7-17(8-10-18)26-13-4-14-27(16-15-26)24(28)21-12-11-20(30-21)23-25-19-5-2-3-6-22(19)31-23/h2-3,5-12H,4,13-16H2,1H3. The van der Waals surface area contributed by atoms with Gasteiger partial charge in [0.05, 0.1) is 17.3 Å². The van der Waals surface area contributed by atoms with Crippen LogP contribution in [0.2, 0.25) is 0 Å². The number of thiazole rings is 1. The fourth-order valence-corrected chi connectivity index (χ4v) is 4.80. The number of amides is 1. The topological polar surface area (TPSA) is 58.8 Å². The molecule has 31 heavy (non-hydrogen) atoms. The van der Waals surface area contributed by atoms with Crippen LogP contribution in [0, 0.1) is 0 Å². The van der Waals surface area contributed by atoms with Crippen molar-refractivity contribution < 1.29 is 13.9 Å². The van der Waals surface area contributed by atoms with E-state index in [1.165, 1.54) is 0 Å². The number of carbonyl (C=O) groups excluding carboxylic acids is 1. The van der Waals surface area contributed by atoms with Crippen LogP contribution in [-0.4, -0.2) is 49.1 Å². The van der Waals surface area contributed by atoms with Crippen LogP contribution >= 0.6 is 11.3 Å². The summed E-state index contributed by atoms with van der Waals surface area (Å²) >= 11 is 1.57. The summed E-state index contributed by atoms with van der Waals surface area (Å²) in [5, 5.41) is 0.793. The summed E-state index contributed by atoms with van der Waals surface area (Å²) in [5.74, 6) is 1.78. The number of aromatic nitrogens is 1. The first-order chi connectivity index (χ1) is 15.2. The van der Waals surface area contributed by atoms with Crippen LogP contribution in [0.1, 0.15) is 17.0 Å². The molecule has 0 radical (unpaired) electrons. The van der Waals surface area contributed by atoms with Gasteiger partial charge in [-0.2, -0.15) is 0 Å². The molecule has 0 unspecified atom stereocenters. The number of hydrogen-bond acceptors (Lipinski definition) is 6. The van der Waals surface area contributed by atoms with E-state index in [-0.39, 0.29) is 5.91 Å². The molecule has 1 saturated heterocycles. The molecule has 7 heteroatoms. The lowest BCUT2D eigenvalue weighted by Gasteiger charge is -2.23. The lowest BCUT2D eigenvalue weighted by atomic mass is 10.2. The van der Waals surface area contributed by atoms with Crippen LogP contribution < -0.4 is 9.64 Å². The number of benzene rings is 2. The molecular weight excluding hydrogens is 410 g/mol. The van der Waals surface area contributed by atoms with Crippen molar-refractivity contribution in [1.29, 1.82) is 0 Å². The maximum absolute atomic E-state index is 13.1. The highest BCUT2D eigenvalue weighted by Crippen LogP contribution is 2.31. The van der Waals surface area contributed by atoms with Gasteiger partial charge in [0.15, 0.2) is 16.5 Å². The van der Waals surface area contributed by atoms with E-state index < -0.39 is 0 Å². The average molecular weight is 434 g/mol. The van der Waals surface area contributed by atoms with E-state index in [0.29, 0.717) is 24.6 Å². The maximum Gasteiger partial charge on any atom is 0.289 e. The number of ether oxygens (including phenoxy) is 1. The van der Waals surface area contributed by atoms with Crippen LogP contribution in [0.15, 0.2) is 65.1 Å². The molecule has 1 fully saturated rings. The highest BCUT2D eigenvalue weighted by atomic mass is 32.1. The van der Waals surface area contributed by atoms with Gasteiger partial charge in [0, 0.05) is 31.9 Å². The molecule has 1 amide bonds. The van der Waals surface area contributed by atoms with Crippen molar-refractivity contribution in [3.63, 3.8) is 0 Å². The van der Waals surface area contributed by atoms with Gasteiger partial charge in [-0.25, -0.2) is 4.98 Å². The average Bonchev–Trinajstić information content (AvgIpc) is 3.40. The van der Waals surface area contributed by atoms with E-state index >= 15 is 0 Å². The third-order valence-corrected chi connectivity index (χ3v) is 6.59. The Hall–Kier alpha value is -3.32. The van der Waals surface area contributed by atoms with Gasteiger partial charge < -0.3 is 19.0 Å². The molecule has 0 spiro atoms. The van der Waals surface area contributed by atoms with Crippen LogP contribution in [-0.2, 0) is 0 Å². The summed E-state index contributed by atoms with van der Waals surface area (Å²) in [4.78, 5) is 21.9. The minimum Gasteiger partial charge on any atom is -0.497 e. The van der Waals surface area contributed by atoms with Crippen LogP contribution in [0.4, 0.5) is 5.69 Å². The molecule has 5 rings (SSSR count). The van der Waals surface area contributed by atoms with E-state index in [1.54, 1.807) is 24.5 Å². The van der Waals surface area contributed by atoms with Crippen molar-refractivity contribution in [2.45, 2.75) is 6.42 Å². The van der Waals surface area contributed by atoms with Crippen molar-refractivity contribution in [2.24, 2.45) is 0 Å². The Kier molecular flexibility index (Phi) is 5.34. The second-order valence-corrected chi connectivity index (χ2v) is 8.51. The summed E-state index contributed by atoms with van der Waals surface area (Å²) < 4.78 is 12.3. The highest BCUT2D eigenvalue weighted by molar-refractivity contribution is 7.21. The van der Waals surface area contributed by atoms with Crippen LogP contribution in [0.3, 0.4) is 0 Å². The molecule has 6 nitrogen and oxygen atoms in total. The van der Waals surface area contributed by atoms with E-state index in [4.69, 9.17) is 9.15 Å². The largest absolute Gasteiger partial charge is 0.497 e. The van der Waals surface area contributed by atoms with Gasteiger partial charge in [-0.1, -0.05) is 12.1 Å². The second-order valence-electron chi connectivity index (χ2n) is 7.48. The Bertz CT molecular complexity index is 1170. The predicted octanol–water partition coefficient (Wildman–Crippen LogP) is 4.92. The molecule has 0 atom stereocenters. The number of para-hydroxylation sites is 1. The van der Waals surface area contributed by atoms with Gasteiger partial charge in [0.25, 0.3) is 5.91 Å². The molecule has 0 bridgehead atoms. The summed E-state index contributed by atoms with van der Waals surface area (Å²) in [6.07, 6.45) is 0.906. The summed E-state index contributed by atoms with van der Waals surface area (Å²) in [6, 6.07) is 19.6. The molecule has 0 N–H and O–H groups in total. The Morgan fingerprint density at radius 2 is 1.84 bits per heavy atom. The number of anilines is 1. The molecule has 1 aliphatic heterocycles. The quantitative estimate of drug-likeness (QED) is 0.457. The number of rotatable bonds is 4. The number of nitrogens with zero attached hydrogens (tertiary/aromatic N) is 3. The van der Waals surface area contributed by atoms with Crippen molar-refractivity contribution in [3.8, 4) is 16.5 Å². The van der Waals surface area contributed by atoms with Gasteiger partial charge >= 0.3 is 0 Å². The zero-order valence-electron chi connectivity index (χ0n) is 17.3. The number of furan rings is 1. The minimum absolute atomic E-state index is 0.0658. The van der Waals surface area contributed by atoms with Crippen molar-refractivity contribution in [3.05, 3.63) is 66.4 Å². The second kappa shape index (κ2) is 8.43. The Balaban J connectivity index is 1.28.